The van der Waals surface area contributed by atoms with Crippen molar-refractivity contribution < 1.29 is 0 Å². The van der Waals surface area contributed by atoms with Gasteiger partial charge in [-0.15, -0.1) is 0 Å². The van der Waals surface area contributed by atoms with E-state index in [4.69, 9.17) is 32.2 Å². The summed E-state index contributed by atoms with van der Waals surface area (Å²) >= 11 is 0. The molecule has 9 aromatic heterocycles. The Hall–Kier alpha value is -13.6. The second kappa shape index (κ2) is 33.2. The number of benzene rings is 3. The molecule has 0 radical (unpaired) electrons. The highest BCUT2D eigenvalue weighted by atomic mass is 16.1. The minimum Gasteiger partial charge on any atom is -0.382 e. The molecule has 12 aromatic rings. The molecule has 1 aliphatic carbocycles. The molecule has 0 saturated carbocycles. The summed E-state index contributed by atoms with van der Waals surface area (Å²) < 4.78 is 4.97. The Kier molecular flexibility index (Phi) is 21.7. The first-order chi connectivity index (χ1) is 58.0. The molecule has 0 amide bonds. The van der Waals surface area contributed by atoms with Gasteiger partial charge < -0.3 is 60.3 Å². The van der Waals surface area contributed by atoms with Crippen LogP contribution in [-0.2, 0) is 27.6 Å². The van der Waals surface area contributed by atoms with E-state index in [1.165, 1.54) is 38.2 Å². The van der Waals surface area contributed by atoms with Gasteiger partial charge in [0.2, 0.25) is 0 Å². The van der Waals surface area contributed by atoms with Gasteiger partial charge >= 0.3 is 0 Å². The molecule has 602 valence electrons. The number of nitrogens with two attached hydrogens (primary N) is 3. The van der Waals surface area contributed by atoms with Crippen LogP contribution in [0.3, 0.4) is 0 Å². The topological polar surface area (TPSA) is 351 Å². The van der Waals surface area contributed by atoms with Crippen molar-refractivity contribution in [3.63, 3.8) is 0 Å². The van der Waals surface area contributed by atoms with E-state index in [-0.39, 0.29) is 52.3 Å². The molecule has 3 aromatic carbocycles. The molecule has 6 N–H and O–H groups in total. The number of hydrogen-bond donors (Lipinski definition) is 3. The highest BCUT2D eigenvalue weighted by Gasteiger charge is 2.38. The Balaban J connectivity index is 0.000000128. The fraction of sp³-hybridized carbons (Fsp3) is 0.359. The van der Waals surface area contributed by atoms with E-state index in [2.05, 4.69) is 162 Å². The van der Waals surface area contributed by atoms with Gasteiger partial charge in [-0.3, -0.25) is 14.4 Å². The van der Waals surface area contributed by atoms with Crippen LogP contribution >= 0.6 is 0 Å². The zero-order valence-corrected chi connectivity index (χ0v) is 68.0. The third-order valence-electron chi connectivity index (χ3n) is 24.8. The summed E-state index contributed by atoms with van der Waals surface area (Å²) in [6.45, 7) is 11.8. The third kappa shape index (κ3) is 14.7. The molecule has 6 fully saturated rings. The largest absolute Gasteiger partial charge is 0.382 e. The molecule has 7 aliphatic rings. The first-order valence-corrected chi connectivity index (χ1v) is 41.6. The number of pyridine rings is 6. The number of rotatable bonds is 12. The first kappa shape index (κ1) is 77.9. The van der Waals surface area contributed by atoms with Crippen LogP contribution in [0.1, 0.15) is 170 Å². The summed E-state index contributed by atoms with van der Waals surface area (Å²) in [6.07, 6.45) is 31.1. The Bertz CT molecular complexity index is 6050. The van der Waals surface area contributed by atoms with Crippen LogP contribution in [0.15, 0.2) is 143 Å². The van der Waals surface area contributed by atoms with Gasteiger partial charge in [0.25, 0.3) is 16.7 Å². The molecule has 0 bridgehead atoms. The standard InChI is InChI=1S/C32H32N8O.2C30H32N8O/c1-38-18-26(21-9-6-11-23(21)32(38)41)22-10-5-8-20-16-24(31(37-28(20)22)39-13-3-2-4-14-39)27-12-7-15-40(27)30-25(17-33)29(34)35-19-36-30;2*1-19-14-21(17-36(2)30(19)39)22-9-6-8-20-15-23(29(35-26(20)22)37-11-4-3-5-12-37)25-10-7-13-38(25)28-24(16-31)27(32)33-18-34-28/h5-6,8-10,16,18-19,27H,2-4,7,11-15H2,1H3,(H2,34,35,36);2*6,8-9,14-15,17-18,25H,3-5,7,10-13H2,1-2H3,(H2,32,33,34). The van der Waals surface area contributed by atoms with Gasteiger partial charge in [-0.05, 0) is 152 Å². The van der Waals surface area contributed by atoms with Crippen molar-refractivity contribution in [1.29, 1.82) is 15.8 Å². The Morgan fingerprint density at radius 2 is 0.731 bits per heavy atom. The van der Waals surface area contributed by atoms with Crippen molar-refractivity contribution in [3.05, 3.63) is 215 Å². The van der Waals surface area contributed by atoms with Gasteiger partial charge in [0.05, 0.1) is 34.7 Å². The van der Waals surface area contributed by atoms with E-state index in [9.17, 15) is 30.2 Å². The molecule has 119 heavy (non-hydrogen) atoms. The van der Waals surface area contributed by atoms with E-state index in [1.54, 1.807) is 27.8 Å². The Morgan fingerprint density at radius 1 is 0.387 bits per heavy atom. The number of nitrogens with zero attached hydrogens (tertiary/aromatic N) is 21. The fourth-order valence-corrected chi connectivity index (χ4v) is 19.0. The third-order valence-corrected chi connectivity index (χ3v) is 24.8. The molecule has 0 spiro atoms. The molecule has 27 heteroatoms. The second-order valence-corrected chi connectivity index (χ2v) is 32.4. The molecule has 19 rings (SSSR count). The van der Waals surface area contributed by atoms with Gasteiger partial charge in [-0.2, -0.15) is 15.8 Å². The molecule has 6 saturated heterocycles. The lowest BCUT2D eigenvalue weighted by atomic mass is 9.95. The lowest BCUT2D eigenvalue weighted by Crippen LogP contribution is -2.33. The minimum atomic E-state index is 0.00617. The van der Waals surface area contributed by atoms with Crippen LogP contribution in [-0.4, -0.2) is 117 Å². The molecule has 3 unspecified atom stereocenters. The van der Waals surface area contributed by atoms with Crippen molar-refractivity contribution in [2.24, 2.45) is 21.1 Å². The molecule has 6 aliphatic heterocycles. The van der Waals surface area contributed by atoms with Crippen LogP contribution in [0.5, 0.6) is 0 Å². The number of allylic oxidation sites excluding steroid dienone is 1. The number of para-hydroxylation sites is 3. The molecule has 3 atom stereocenters. The summed E-state index contributed by atoms with van der Waals surface area (Å²) in [6, 6.07) is 36.2. The number of fused-ring (bicyclic) bond motifs is 4. The minimum absolute atomic E-state index is 0.00617. The van der Waals surface area contributed by atoms with E-state index in [0.29, 0.717) is 51.7 Å². The van der Waals surface area contributed by atoms with E-state index in [1.807, 2.05) is 51.6 Å². The summed E-state index contributed by atoms with van der Waals surface area (Å²) in [4.78, 5) is 93.3. The quantitative estimate of drug-likeness (QED) is 0.102. The lowest BCUT2D eigenvalue weighted by molar-refractivity contribution is 0.569. The van der Waals surface area contributed by atoms with Crippen LogP contribution in [0.2, 0.25) is 0 Å². The fourth-order valence-electron chi connectivity index (χ4n) is 19.0. The number of piperidine rings is 3. The van der Waals surface area contributed by atoms with Gasteiger partial charge in [0.15, 0.2) is 17.5 Å². The monoisotopic (exact) mass is 1580 g/mol. The van der Waals surface area contributed by atoms with Crippen LogP contribution in [0.25, 0.3) is 72.2 Å². The number of anilines is 9. The lowest BCUT2D eigenvalue weighted by Gasteiger charge is -2.34. The first-order valence-electron chi connectivity index (χ1n) is 41.6. The smallest absolute Gasteiger partial charge is 0.254 e. The average Bonchev–Trinajstić information content (AvgIpc) is 1.74. The van der Waals surface area contributed by atoms with Crippen molar-refractivity contribution in [1.82, 2.24) is 58.6 Å². The summed E-state index contributed by atoms with van der Waals surface area (Å²) in [7, 11) is 5.40. The predicted octanol–water partition coefficient (Wildman–Crippen LogP) is 13.7. The number of nitrogen functional groups attached to an aromatic ring is 3. The van der Waals surface area contributed by atoms with Crippen LogP contribution < -0.4 is 63.3 Å². The van der Waals surface area contributed by atoms with Gasteiger partial charge in [-0.1, -0.05) is 66.7 Å². The molecular formula is C92H96N24O3. The summed E-state index contributed by atoms with van der Waals surface area (Å²) in [5.74, 6) is 5.38. The zero-order valence-electron chi connectivity index (χ0n) is 68.0. The maximum atomic E-state index is 12.8. The van der Waals surface area contributed by atoms with Crippen molar-refractivity contribution >= 4 is 91.1 Å². The number of aryl methyl sites for hydroxylation is 5. The SMILES string of the molecule is Cc1cc(-c2cccc3cc(C4CCCN4c4ncnc(N)c4C#N)c(N4CCCCC4)nc23)cn(C)c1=O.Cc1cc(-c2cccc3cc(C4CCCN4c4ncnc(N)c4C#N)c(N4CCCCC4)nc23)cn(C)c1=O.Cn1cc(-c2cccc3cc(C4CCCN4c4ncnc(N)c4C#N)c(N4CCCCC4)nc23)c2c(c1=O)CC=C2. The van der Waals surface area contributed by atoms with Gasteiger partial charge in [0.1, 0.15) is 88.8 Å². The highest BCUT2D eigenvalue weighted by Crippen LogP contribution is 2.48. The van der Waals surface area contributed by atoms with Gasteiger partial charge in [0, 0.05) is 182 Å². The van der Waals surface area contributed by atoms with Gasteiger partial charge in [-0.25, -0.2) is 44.9 Å². The summed E-state index contributed by atoms with van der Waals surface area (Å²) in [5, 5.41) is 32.7. The Labute approximate surface area is 690 Å². The van der Waals surface area contributed by atoms with E-state index in [0.717, 1.165) is 247 Å². The highest BCUT2D eigenvalue weighted by molar-refractivity contribution is 5.99. The predicted molar refractivity (Wildman–Crippen MR) is 469 cm³/mol. The maximum absolute atomic E-state index is 12.8. The van der Waals surface area contributed by atoms with E-state index >= 15 is 0 Å². The van der Waals surface area contributed by atoms with Crippen LogP contribution in [0.4, 0.5) is 52.4 Å². The maximum Gasteiger partial charge on any atom is 0.254 e. The van der Waals surface area contributed by atoms with Crippen molar-refractivity contribution in [2.45, 2.75) is 135 Å². The number of nitriles is 3. The number of hydrogen-bond acceptors (Lipinski definition) is 24. The average molecular weight is 1590 g/mol. The zero-order chi connectivity index (χ0) is 82.3. The molecule has 15 heterocycles. The number of aromatic nitrogens is 12. The Morgan fingerprint density at radius 3 is 1.08 bits per heavy atom. The molecule has 27 nitrogen and oxygen atoms in total. The van der Waals surface area contributed by atoms with Crippen molar-refractivity contribution in [3.8, 4) is 51.6 Å². The van der Waals surface area contributed by atoms with E-state index < -0.39 is 0 Å². The molecular weight excluding hydrogens is 1490 g/mol. The van der Waals surface area contributed by atoms with Crippen LogP contribution in [0, 0.1) is 47.8 Å². The summed E-state index contributed by atoms with van der Waals surface area (Å²) in [5.41, 5.74) is 34.8. The second-order valence-electron chi connectivity index (χ2n) is 32.4. The normalized spacial score (nSPS) is 17.7. The van der Waals surface area contributed by atoms with Crippen molar-refractivity contribution in [2.75, 3.05) is 106 Å².